The quantitative estimate of drug-likeness (QED) is 0.809. The van der Waals surface area contributed by atoms with Crippen molar-refractivity contribution in [3.63, 3.8) is 0 Å². The Balaban J connectivity index is 2.47. The fourth-order valence-corrected chi connectivity index (χ4v) is 1.91. The number of aryl methyl sites for hydroxylation is 1. The van der Waals surface area contributed by atoms with Crippen LogP contribution in [0.5, 0.6) is 5.75 Å². The van der Waals surface area contributed by atoms with Gasteiger partial charge in [-0.25, -0.2) is 4.98 Å². The van der Waals surface area contributed by atoms with E-state index in [1.54, 1.807) is 7.11 Å². The normalized spacial score (nSPS) is 10.9. The van der Waals surface area contributed by atoms with E-state index in [9.17, 15) is 0 Å². The van der Waals surface area contributed by atoms with Crippen LogP contribution in [0, 0.1) is 0 Å². The van der Waals surface area contributed by atoms with Crippen molar-refractivity contribution in [2.24, 2.45) is 7.05 Å². The number of nitrogens with zero attached hydrogens (tertiary/aromatic N) is 2. The Morgan fingerprint density at radius 2 is 2.06 bits per heavy atom. The molecule has 0 aliphatic carbocycles. The maximum Gasteiger partial charge on any atom is 0.122 e. The van der Waals surface area contributed by atoms with Crippen LogP contribution in [0.1, 0.15) is 25.3 Å². The number of hydrogen-bond donors (Lipinski definition) is 0. The summed E-state index contributed by atoms with van der Waals surface area (Å²) in [5.74, 6) is 1.38. The van der Waals surface area contributed by atoms with Crippen molar-refractivity contribution in [1.82, 2.24) is 9.55 Å². The minimum absolute atomic E-state index is 0.439. The number of benzene rings is 1. The highest BCUT2D eigenvalue weighted by Gasteiger charge is 2.10. The Morgan fingerprint density at radius 3 is 2.59 bits per heavy atom. The Kier molecular flexibility index (Phi) is 3.18. The van der Waals surface area contributed by atoms with Crippen molar-refractivity contribution in [3.05, 3.63) is 36.3 Å². The first-order chi connectivity index (χ1) is 8.11. The molecule has 0 aliphatic heterocycles. The zero-order valence-electron chi connectivity index (χ0n) is 10.8. The van der Waals surface area contributed by atoms with Crippen LogP contribution in [-0.2, 0) is 7.05 Å². The lowest BCUT2D eigenvalue weighted by molar-refractivity contribution is 0.407. The molecule has 0 saturated carbocycles. The van der Waals surface area contributed by atoms with Gasteiger partial charge in [0.1, 0.15) is 5.75 Å². The van der Waals surface area contributed by atoms with Crippen LogP contribution in [0.25, 0.3) is 11.3 Å². The molecule has 0 unspecified atom stereocenters. The van der Waals surface area contributed by atoms with Gasteiger partial charge in [-0.15, -0.1) is 0 Å². The third-order valence-corrected chi connectivity index (χ3v) is 2.85. The molecule has 3 heteroatoms. The standard InChI is InChI=1S/C14H18N2O/c1-10(2)12-7-11(5-6-14(12)17-4)13-8-16(3)9-15-13/h5-10H,1-4H3. The number of hydrogen-bond acceptors (Lipinski definition) is 2. The van der Waals surface area contributed by atoms with Gasteiger partial charge in [0.2, 0.25) is 0 Å². The van der Waals surface area contributed by atoms with Crippen molar-refractivity contribution in [3.8, 4) is 17.0 Å². The first-order valence-electron chi connectivity index (χ1n) is 5.78. The summed E-state index contributed by atoms with van der Waals surface area (Å²) >= 11 is 0. The highest BCUT2D eigenvalue weighted by atomic mass is 16.5. The average molecular weight is 230 g/mol. The molecule has 1 aromatic heterocycles. The summed E-state index contributed by atoms with van der Waals surface area (Å²) in [6.45, 7) is 4.33. The average Bonchev–Trinajstić information content (AvgIpc) is 2.75. The van der Waals surface area contributed by atoms with Gasteiger partial charge < -0.3 is 9.30 Å². The number of aromatic nitrogens is 2. The van der Waals surface area contributed by atoms with Crippen LogP contribution in [0.4, 0.5) is 0 Å². The molecule has 1 aromatic carbocycles. The summed E-state index contributed by atoms with van der Waals surface area (Å²) in [4.78, 5) is 4.36. The van der Waals surface area contributed by atoms with Gasteiger partial charge in [-0.3, -0.25) is 0 Å². The topological polar surface area (TPSA) is 27.1 Å². The first kappa shape index (κ1) is 11.7. The van der Waals surface area contributed by atoms with Crippen molar-refractivity contribution in [2.75, 3.05) is 7.11 Å². The van der Waals surface area contributed by atoms with Gasteiger partial charge in [-0.05, 0) is 29.7 Å². The van der Waals surface area contributed by atoms with E-state index in [-0.39, 0.29) is 0 Å². The molecule has 2 aromatic rings. The smallest absolute Gasteiger partial charge is 0.122 e. The lowest BCUT2D eigenvalue weighted by atomic mass is 9.98. The highest BCUT2D eigenvalue weighted by Crippen LogP contribution is 2.30. The molecular formula is C14H18N2O. The van der Waals surface area contributed by atoms with Gasteiger partial charge in [0.25, 0.3) is 0 Å². The predicted octanol–water partition coefficient (Wildman–Crippen LogP) is 3.22. The van der Waals surface area contributed by atoms with Gasteiger partial charge >= 0.3 is 0 Å². The number of rotatable bonds is 3. The van der Waals surface area contributed by atoms with E-state index in [2.05, 4.69) is 24.9 Å². The summed E-state index contributed by atoms with van der Waals surface area (Å²) in [5, 5.41) is 0. The summed E-state index contributed by atoms with van der Waals surface area (Å²) in [6.07, 6.45) is 3.83. The second-order valence-corrected chi connectivity index (χ2v) is 4.54. The molecule has 0 fully saturated rings. The lowest BCUT2D eigenvalue weighted by Crippen LogP contribution is -1.94. The molecular weight excluding hydrogens is 212 g/mol. The van der Waals surface area contributed by atoms with Crippen molar-refractivity contribution < 1.29 is 4.74 Å². The minimum atomic E-state index is 0.439. The molecule has 0 aliphatic rings. The van der Waals surface area contributed by atoms with E-state index in [1.807, 2.05) is 36.3 Å². The molecule has 0 N–H and O–H groups in total. The lowest BCUT2D eigenvalue weighted by Gasteiger charge is -2.12. The monoisotopic (exact) mass is 230 g/mol. The van der Waals surface area contributed by atoms with Crippen LogP contribution in [0.15, 0.2) is 30.7 Å². The molecule has 0 radical (unpaired) electrons. The first-order valence-corrected chi connectivity index (χ1v) is 5.78. The largest absolute Gasteiger partial charge is 0.496 e. The van der Waals surface area contributed by atoms with Gasteiger partial charge in [0.15, 0.2) is 0 Å². The molecule has 17 heavy (non-hydrogen) atoms. The minimum Gasteiger partial charge on any atom is -0.496 e. The Morgan fingerprint density at radius 1 is 1.29 bits per heavy atom. The van der Waals surface area contributed by atoms with Crippen molar-refractivity contribution in [1.29, 1.82) is 0 Å². The van der Waals surface area contributed by atoms with E-state index in [1.165, 1.54) is 5.56 Å². The number of imidazole rings is 1. The van der Waals surface area contributed by atoms with E-state index in [0.717, 1.165) is 17.0 Å². The second kappa shape index (κ2) is 4.62. The Hall–Kier alpha value is -1.77. The summed E-state index contributed by atoms with van der Waals surface area (Å²) in [7, 11) is 3.69. The third kappa shape index (κ3) is 2.33. The summed E-state index contributed by atoms with van der Waals surface area (Å²) in [6, 6.07) is 6.22. The molecule has 0 spiro atoms. The molecule has 90 valence electrons. The van der Waals surface area contributed by atoms with E-state index in [0.29, 0.717) is 5.92 Å². The van der Waals surface area contributed by atoms with Crippen LogP contribution < -0.4 is 4.74 Å². The fraction of sp³-hybridized carbons (Fsp3) is 0.357. The van der Waals surface area contributed by atoms with Gasteiger partial charge in [0.05, 0.1) is 19.1 Å². The van der Waals surface area contributed by atoms with Gasteiger partial charge in [-0.2, -0.15) is 0 Å². The number of methoxy groups -OCH3 is 1. The highest BCUT2D eigenvalue weighted by molar-refractivity contribution is 5.61. The second-order valence-electron chi connectivity index (χ2n) is 4.54. The maximum absolute atomic E-state index is 5.38. The molecule has 0 bridgehead atoms. The zero-order chi connectivity index (χ0) is 12.4. The van der Waals surface area contributed by atoms with E-state index >= 15 is 0 Å². The maximum atomic E-state index is 5.38. The van der Waals surface area contributed by atoms with Crippen LogP contribution in [0.3, 0.4) is 0 Å². The van der Waals surface area contributed by atoms with Crippen molar-refractivity contribution in [2.45, 2.75) is 19.8 Å². The molecule has 0 atom stereocenters. The molecule has 0 saturated heterocycles. The van der Waals surface area contributed by atoms with E-state index < -0.39 is 0 Å². The predicted molar refractivity (Wildman–Crippen MR) is 69.3 cm³/mol. The van der Waals surface area contributed by atoms with Crippen LogP contribution in [0.2, 0.25) is 0 Å². The van der Waals surface area contributed by atoms with E-state index in [4.69, 9.17) is 4.74 Å². The van der Waals surface area contributed by atoms with Crippen molar-refractivity contribution >= 4 is 0 Å². The van der Waals surface area contributed by atoms with Crippen LogP contribution in [-0.4, -0.2) is 16.7 Å². The van der Waals surface area contributed by atoms with Gasteiger partial charge in [0, 0.05) is 18.8 Å². The Bertz CT molecular complexity index is 515. The summed E-state index contributed by atoms with van der Waals surface area (Å²) in [5.41, 5.74) is 3.35. The molecule has 2 rings (SSSR count). The Labute approximate surface area is 102 Å². The fourth-order valence-electron chi connectivity index (χ4n) is 1.91. The summed E-state index contributed by atoms with van der Waals surface area (Å²) < 4.78 is 7.33. The SMILES string of the molecule is COc1ccc(-c2cn(C)cn2)cc1C(C)C. The molecule has 1 heterocycles. The van der Waals surface area contributed by atoms with Crippen LogP contribution >= 0.6 is 0 Å². The molecule has 0 amide bonds. The third-order valence-electron chi connectivity index (χ3n) is 2.85. The zero-order valence-corrected chi connectivity index (χ0v) is 10.8. The van der Waals surface area contributed by atoms with Gasteiger partial charge in [-0.1, -0.05) is 13.8 Å². The molecule has 3 nitrogen and oxygen atoms in total. The number of ether oxygens (including phenoxy) is 1.